The van der Waals surface area contributed by atoms with Gasteiger partial charge in [0.15, 0.2) is 0 Å². The first-order valence-electron chi connectivity index (χ1n) is 4.62. The van der Waals surface area contributed by atoms with Gasteiger partial charge in [0.05, 0.1) is 12.2 Å². The number of fused-ring (bicyclic) bond motifs is 1. The van der Waals surface area contributed by atoms with Crippen LogP contribution in [0.25, 0.3) is 0 Å². The minimum atomic E-state index is 0.679. The maximum Gasteiger partial charge on any atom is 0.0841 e. The zero-order chi connectivity index (χ0) is 6.81. The van der Waals surface area contributed by atoms with Gasteiger partial charge in [-0.1, -0.05) is 32.1 Å². The Morgan fingerprint density at radius 3 is 1.80 bits per heavy atom. The monoisotopic (exact) mass is 140 g/mol. The van der Waals surface area contributed by atoms with Crippen molar-refractivity contribution in [3.05, 3.63) is 0 Å². The number of ether oxygens (including phenoxy) is 1. The number of rotatable bonds is 0. The summed E-state index contributed by atoms with van der Waals surface area (Å²) in [6, 6.07) is 0. The van der Waals surface area contributed by atoms with Crippen LogP contribution in [-0.4, -0.2) is 12.2 Å². The van der Waals surface area contributed by atoms with Crippen molar-refractivity contribution >= 4 is 0 Å². The third-order valence-corrected chi connectivity index (χ3v) is 2.66. The average Bonchev–Trinajstić information content (AvgIpc) is 2.66. The Morgan fingerprint density at radius 1 is 0.700 bits per heavy atom. The van der Waals surface area contributed by atoms with Gasteiger partial charge in [-0.3, -0.25) is 0 Å². The van der Waals surface area contributed by atoms with Gasteiger partial charge in [0.2, 0.25) is 0 Å². The van der Waals surface area contributed by atoms with Crippen molar-refractivity contribution in [2.75, 3.05) is 0 Å². The summed E-state index contributed by atoms with van der Waals surface area (Å²) in [5.41, 5.74) is 0. The number of hydrogen-bond donors (Lipinski definition) is 0. The molecule has 1 saturated carbocycles. The molecule has 1 heteroatoms. The first-order chi connectivity index (χ1) is 4.97. The minimum absolute atomic E-state index is 0.679. The summed E-state index contributed by atoms with van der Waals surface area (Å²) >= 11 is 0. The van der Waals surface area contributed by atoms with Gasteiger partial charge in [-0.15, -0.1) is 0 Å². The fraction of sp³-hybridized carbons (Fsp3) is 1.00. The lowest BCUT2D eigenvalue weighted by Crippen LogP contribution is -1.91. The molecule has 0 amide bonds. The van der Waals surface area contributed by atoms with E-state index in [9.17, 15) is 0 Å². The second-order valence-corrected chi connectivity index (χ2v) is 3.56. The van der Waals surface area contributed by atoms with Crippen molar-refractivity contribution in [2.24, 2.45) is 0 Å². The van der Waals surface area contributed by atoms with E-state index in [1.807, 2.05) is 0 Å². The van der Waals surface area contributed by atoms with E-state index in [-0.39, 0.29) is 0 Å². The molecule has 1 aliphatic heterocycles. The molecule has 1 nitrogen and oxygen atoms in total. The van der Waals surface area contributed by atoms with Crippen molar-refractivity contribution in [1.29, 1.82) is 0 Å². The van der Waals surface area contributed by atoms with Crippen molar-refractivity contribution in [2.45, 2.75) is 57.2 Å². The SMILES string of the molecule is C1CCC[C@@H]2O[C@@H]2CCC1. The highest BCUT2D eigenvalue weighted by Gasteiger charge is 2.37. The van der Waals surface area contributed by atoms with Gasteiger partial charge in [0.25, 0.3) is 0 Å². The van der Waals surface area contributed by atoms with Crippen molar-refractivity contribution in [1.82, 2.24) is 0 Å². The second-order valence-electron chi connectivity index (χ2n) is 3.56. The van der Waals surface area contributed by atoms with Crippen LogP contribution in [0.5, 0.6) is 0 Å². The second kappa shape index (κ2) is 2.91. The average molecular weight is 140 g/mol. The van der Waals surface area contributed by atoms with E-state index >= 15 is 0 Å². The normalized spacial score (nSPS) is 40.8. The topological polar surface area (TPSA) is 12.5 Å². The van der Waals surface area contributed by atoms with E-state index in [0.29, 0.717) is 12.2 Å². The Hall–Kier alpha value is -0.0400. The van der Waals surface area contributed by atoms with Gasteiger partial charge in [-0.25, -0.2) is 0 Å². The quantitative estimate of drug-likeness (QED) is 0.471. The van der Waals surface area contributed by atoms with E-state index in [2.05, 4.69) is 0 Å². The molecule has 0 unspecified atom stereocenters. The highest BCUT2D eigenvalue weighted by atomic mass is 16.6. The Morgan fingerprint density at radius 2 is 1.20 bits per heavy atom. The van der Waals surface area contributed by atoms with Crippen LogP contribution >= 0.6 is 0 Å². The van der Waals surface area contributed by atoms with E-state index in [1.165, 1.54) is 44.9 Å². The summed E-state index contributed by atoms with van der Waals surface area (Å²) in [6.45, 7) is 0. The molecule has 1 heterocycles. The number of hydrogen-bond acceptors (Lipinski definition) is 1. The first kappa shape index (κ1) is 6.66. The minimum Gasteiger partial charge on any atom is -0.370 e. The highest BCUT2D eigenvalue weighted by molar-refractivity contribution is 4.84. The first-order valence-corrected chi connectivity index (χ1v) is 4.62. The molecule has 10 heavy (non-hydrogen) atoms. The fourth-order valence-electron chi connectivity index (χ4n) is 1.91. The maximum atomic E-state index is 5.49. The molecule has 1 saturated heterocycles. The summed E-state index contributed by atoms with van der Waals surface area (Å²) in [5.74, 6) is 0. The molecular formula is C9H16O. The lowest BCUT2D eigenvalue weighted by atomic mass is 10.1. The molecule has 2 fully saturated rings. The molecule has 2 aliphatic rings. The molecule has 0 radical (unpaired) electrons. The summed E-state index contributed by atoms with van der Waals surface area (Å²) in [7, 11) is 0. The predicted octanol–water partition coefficient (Wildman–Crippen LogP) is 2.50. The highest BCUT2D eigenvalue weighted by Crippen LogP contribution is 2.33. The molecule has 0 aromatic heterocycles. The Kier molecular flexibility index (Phi) is 1.94. The van der Waals surface area contributed by atoms with Gasteiger partial charge < -0.3 is 4.74 Å². The Balaban J connectivity index is 1.77. The van der Waals surface area contributed by atoms with Gasteiger partial charge in [0.1, 0.15) is 0 Å². The van der Waals surface area contributed by atoms with Gasteiger partial charge >= 0.3 is 0 Å². The van der Waals surface area contributed by atoms with Crippen molar-refractivity contribution in [3.8, 4) is 0 Å². The van der Waals surface area contributed by atoms with Gasteiger partial charge in [0, 0.05) is 0 Å². The van der Waals surface area contributed by atoms with Crippen LogP contribution in [0.15, 0.2) is 0 Å². The Labute approximate surface area is 62.8 Å². The van der Waals surface area contributed by atoms with Gasteiger partial charge in [-0.2, -0.15) is 0 Å². The molecule has 0 aromatic carbocycles. The van der Waals surface area contributed by atoms with Crippen LogP contribution in [0.1, 0.15) is 44.9 Å². The third-order valence-electron chi connectivity index (χ3n) is 2.66. The summed E-state index contributed by atoms with van der Waals surface area (Å²) in [4.78, 5) is 0. The largest absolute Gasteiger partial charge is 0.370 e. The summed E-state index contributed by atoms with van der Waals surface area (Å²) in [6.07, 6.45) is 11.2. The predicted molar refractivity (Wildman–Crippen MR) is 41.0 cm³/mol. The van der Waals surface area contributed by atoms with Crippen LogP contribution in [0.2, 0.25) is 0 Å². The smallest absolute Gasteiger partial charge is 0.0841 e. The molecule has 0 spiro atoms. The maximum absolute atomic E-state index is 5.49. The van der Waals surface area contributed by atoms with Crippen LogP contribution < -0.4 is 0 Å². The molecule has 0 bridgehead atoms. The molecule has 2 atom stereocenters. The standard InChI is InChI=1S/C9H16O/c1-2-4-6-8-9(10-8)7-5-3-1/h8-9H,1-7H2/t8-,9+. The van der Waals surface area contributed by atoms with Crippen LogP contribution in [0.4, 0.5) is 0 Å². The van der Waals surface area contributed by atoms with E-state index in [1.54, 1.807) is 0 Å². The molecule has 58 valence electrons. The molecule has 0 aromatic rings. The summed E-state index contributed by atoms with van der Waals surface area (Å²) < 4.78 is 5.49. The van der Waals surface area contributed by atoms with E-state index in [0.717, 1.165) is 0 Å². The third kappa shape index (κ3) is 1.51. The zero-order valence-electron chi connectivity index (χ0n) is 6.51. The molecule has 0 N–H and O–H groups in total. The van der Waals surface area contributed by atoms with Crippen LogP contribution in [0, 0.1) is 0 Å². The van der Waals surface area contributed by atoms with Crippen LogP contribution in [-0.2, 0) is 4.74 Å². The van der Waals surface area contributed by atoms with E-state index < -0.39 is 0 Å². The van der Waals surface area contributed by atoms with Crippen molar-refractivity contribution < 1.29 is 4.74 Å². The lowest BCUT2D eigenvalue weighted by Gasteiger charge is -1.95. The van der Waals surface area contributed by atoms with Gasteiger partial charge in [-0.05, 0) is 12.8 Å². The summed E-state index contributed by atoms with van der Waals surface area (Å²) in [5, 5.41) is 0. The molecular weight excluding hydrogens is 124 g/mol. The molecule has 2 rings (SSSR count). The van der Waals surface area contributed by atoms with E-state index in [4.69, 9.17) is 4.74 Å². The van der Waals surface area contributed by atoms with Crippen molar-refractivity contribution in [3.63, 3.8) is 0 Å². The van der Waals surface area contributed by atoms with Crippen LogP contribution in [0.3, 0.4) is 0 Å². The Bertz CT molecular complexity index is 99.3. The molecule has 1 aliphatic carbocycles. The fourth-order valence-corrected chi connectivity index (χ4v) is 1.91. The number of epoxide rings is 1. The lowest BCUT2D eigenvalue weighted by molar-refractivity contribution is 0.341. The zero-order valence-corrected chi connectivity index (χ0v) is 6.51.